The van der Waals surface area contributed by atoms with Crippen LogP contribution in [0, 0.1) is 0 Å². The summed E-state index contributed by atoms with van der Waals surface area (Å²) in [5.74, 6) is -1.05. The van der Waals surface area contributed by atoms with Gasteiger partial charge in [-0.3, -0.25) is 0 Å². The number of hydrogen-bond acceptors (Lipinski definition) is 2. The van der Waals surface area contributed by atoms with Crippen LogP contribution in [-0.4, -0.2) is 11.1 Å². The number of carbonyl (C=O) groups is 1. The summed E-state index contributed by atoms with van der Waals surface area (Å²) in [6, 6.07) is 3.05. The number of benzene rings is 1. The molecule has 0 saturated heterocycles. The molecule has 0 fully saturated rings. The third kappa shape index (κ3) is 1.92. The van der Waals surface area contributed by atoms with Crippen LogP contribution in [0.15, 0.2) is 12.1 Å². The van der Waals surface area contributed by atoms with Crippen molar-refractivity contribution in [1.29, 1.82) is 0 Å². The van der Waals surface area contributed by atoms with Crippen molar-refractivity contribution in [3.8, 4) is 0 Å². The van der Waals surface area contributed by atoms with Crippen molar-refractivity contribution in [1.82, 2.24) is 0 Å². The van der Waals surface area contributed by atoms with E-state index in [4.69, 9.17) is 22.4 Å². The fourth-order valence-electron chi connectivity index (χ4n) is 1.12. The lowest BCUT2D eigenvalue weighted by Crippen LogP contribution is -2.01. The highest BCUT2D eigenvalue weighted by Gasteiger charge is 2.12. The molecule has 0 unspecified atom stereocenters. The van der Waals surface area contributed by atoms with Crippen LogP contribution in [0.3, 0.4) is 0 Å². The van der Waals surface area contributed by atoms with E-state index in [2.05, 4.69) is 0 Å². The minimum atomic E-state index is -1.05. The number of carboxylic acids is 1. The summed E-state index contributed by atoms with van der Waals surface area (Å²) in [5, 5.41) is 9.05. The number of hydrogen-bond donors (Lipinski definition) is 2. The van der Waals surface area contributed by atoms with Crippen LogP contribution in [0.2, 0.25) is 5.02 Å². The van der Waals surface area contributed by atoms with Gasteiger partial charge in [0.2, 0.25) is 0 Å². The SMILES string of the molecule is CCc1cc(N)cc(C(=O)O)c1Cl. The van der Waals surface area contributed by atoms with Crippen LogP contribution in [0.1, 0.15) is 22.8 Å². The molecule has 1 rings (SSSR count). The average molecular weight is 200 g/mol. The highest BCUT2D eigenvalue weighted by atomic mass is 35.5. The lowest BCUT2D eigenvalue weighted by molar-refractivity contribution is 0.0697. The number of rotatable bonds is 2. The molecule has 13 heavy (non-hydrogen) atoms. The van der Waals surface area contributed by atoms with E-state index in [9.17, 15) is 4.79 Å². The molecule has 0 bridgehead atoms. The summed E-state index contributed by atoms with van der Waals surface area (Å²) >= 11 is 5.84. The zero-order valence-corrected chi connectivity index (χ0v) is 7.93. The molecular weight excluding hydrogens is 190 g/mol. The summed E-state index contributed by atoms with van der Waals surface area (Å²) in [4.78, 5) is 10.7. The molecule has 0 saturated carbocycles. The Morgan fingerprint density at radius 1 is 1.62 bits per heavy atom. The van der Waals surface area contributed by atoms with E-state index in [0.717, 1.165) is 5.56 Å². The van der Waals surface area contributed by atoms with E-state index in [-0.39, 0.29) is 10.6 Å². The second kappa shape index (κ2) is 3.66. The van der Waals surface area contributed by atoms with Gasteiger partial charge in [-0.1, -0.05) is 18.5 Å². The summed E-state index contributed by atoms with van der Waals surface area (Å²) in [6.45, 7) is 1.90. The summed E-state index contributed by atoms with van der Waals surface area (Å²) in [6.07, 6.45) is 0.671. The standard InChI is InChI=1S/C9H10ClNO2/c1-2-5-3-6(11)4-7(8(5)10)9(12)13/h3-4H,2,11H2,1H3,(H,12,13). The summed E-state index contributed by atoms with van der Waals surface area (Å²) < 4.78 is 0. The van der Waals surface area contributed by atoms with Gasteiger partial charge in [-0.15, -0.1) is 0 Å². The number of halogens is 1. The number of nitrogen functional groups attached to an aromatic ring is 1. The maximum absolute atomic E-state index is 10.7. The van der Waals surface area contributed by atoms with Gasteiger partial charge in [0.1, 0.15) is 0 Å². The second-order valence-electron chi connectivity index (χ2n) is 2.70. The van der Waals surface area contributed by atoms with Crippen LogP contribution in [-0.2, 0) is 6.42 Å². The molecule has 0 spiro atoms. The van der Waals surface area contributed by atoms with Gasteiger partial charge < -0.3 is 10.8 Å². The molecule has 3 N–H and O–H groups in total. The smallest absolute Gasteiger partial charge is 0.337 e. The zero-order valence-electron chi connectivity index (χ0n) is 7.17. The van der Waals surface area contributed by atoms with Gasteiger partial charge in [-0.25, -0.2) is 4.79 Å². The fourth-order valence-corrected chi connectivity index (χ4v) is 1.45. The van der Waals surface area contributed by atoms with Crippen LogP contribution < -0.4 is 5.73 Å². The second-order valence-corrected chi connectivity index (χ2v) is 3.08. The Morgan fingerprint density at radius 2 is 2.23 bits per heavy atom. The Kier molecular flexibility index (Phi) is 2.78. The summed E-state index contributed by atoms with van der Waals surface area (Å²) in [5.41, 5.74) is 6.78. The number of aromatic carboxylic acids is 1. The Balaban J connectivity index is 3.35. The van der Waals surface area contributed by atoms with E-state index in [1.54, 1.807) is 6.07 Å². The Hall–Kier alpha value is -1.22. The quantitative estimate of drug-likeness (QED) is 0.718. The summed E-state index contributed by atoms with van der Waals surface area (Å²) in [7, 11) is 0. The maximum atomic E-state index is 10.7. The maximum Gasteiger partial charge on any atom is 0.337 e. The molecule has 70 valence electrons. The molecule has 0 aliphatic carbocycles. The highest BCUT2D eigenvalue weighted by molar-refractivity contribution is 6.34. The van der Waals surface area contributed by atoms with Crippen LogP contribution in [0.4, 0.5) is 5.69 Å². The minimum Gasteiger partial charge on any atom is -0.478 e. The van der Waals surface area contributed by atoms with Crippen molar-refractivity contribution < 1.29 is 9.90 Å². The minimum absolute atomic E-state index is 0.0681. The van der Waals surface area contributed by atoms with E-state index in [0.29, 0.717) is 12.1 Å². The van der Waals surface area contributed by atoms with E-state index < -0.39 is 5.97 Å². The highest BCUT2D eigenvalue weighted by Crippen LogP contribution is 2.24. The van der Waals surface area contributed by atoms with Crippen molar-refractivity contribution in [3.63, 3.8) is 0 Å². The lowest BCUT2D eigenvalue weighted by atomic mass is 10.1. The largest absolute Gasteiger partial charge is 0.478 e. The molecule has 0 heterocycles. The Bertz CT molecular complexity index is 350. The van der Waals surface area contributed by atoms with Crippen LogP contribution in [0.25, 0.3) is 0 Å². The molecule has 0 radical (unpaired) electrons. The average Bonchev–Trinajstić information content (AvgIpc) is 2.08. The molecule has 1 aromatic rings. The first-order valence-corrected chi connectivity index (χ1v) is 4.25. The number of anilines is 1. The van der Waals surface area contributed by atoms with Gasteiger partial charge in [0, 0.05) is 5.69 Å². The van der Waals surface area contributed by atoms with Crippen molar-refractivity contribution in [2.75, 3.05) is 5.73 Å². The predicted octanol–water partition coefficient (Wildman–Crippen LogP) is 2.18. The molecule has 4 heteroatoms. The molecule has 0 amide bonds. The number of nitrogens with two attached hydrogens (primary N) is 1. The first-order chi connectivity index (χ1) is 6.06. The van der Waals surface area contributed by atoms with Crippen molar-refractivity contribution in [2.24, 2.45) is 0 Å². The van der Waals surface area contributed by atoms with Crippen molar-refractivity contribution >= 4 is 23.3 Å². The number of carboxylic acid groups (broad SMARTS) is 1. The number of aryl methyl sites for hydroxylation is 1. The van der Waals surface area contributed by atoms with Gasteiger partial charge >= 0.3 is 5.97 Å². The topological polar surface area (TPSA) is 63.3 Å². The van der Waals surface area contributed by atoms with E-state index >= 15 is 0 Å². The molecule has 0 aliphatic heterocycles. The zero-order chi connectivity index (χ0) is 10.0. The molecule has 0 aliphatic rings. The molecule has 1 aromatic carbocycles. The van der Waals surface area contributed by atoms with Crippen LogP contribution in [0.5, 0.6) is 0 Å². The van der Waals surface area contributed by atoms with Crippen molar-refractivity contribution in [2.45, 2.75) is 13.3 Å². The molecular formula is C9H10ClNO2. The fraction of sp³-hybridized carbons (Fsp3) is 0.222. The van der Waals surface area contributed by atoms with Gasteiger partial charge in [0.25, 0.3) is 0 Å². The van der Waals surface area contributed by atoms with Crippen LogP contribution >= 0.6 is 11.6 Å². The van der Waals surface area contributed by atoms with Crippen molar-refractivity contribution in [3.05, 3.63) is 28.3 Å². The first kappa shape index (κ1) is 9.86. The third-order valence-electron chi connectivity index (χ3n) is 1.78. The lowest BCUT2D eigenvalue weighted by Gasteiger charge is -2.06. The van der Waals surface area contributed by atoms with Gasteiger partial charge in [0.15, 0.2) is 0 Å². The predicted molar refractivity (Wildman–Crippen MR) is 52.2 cm³/mol. The monoisotopic (exact) mass is 199 g/mol. The molecule has 0 atom stereocenters. The first-order valence-electron chi connectivity index (χ1n) is 3.87. The Morgan fingerprint density at radius 3 is 2.69 bits per heavy atom. The Labute approximate surface area is 81.1 Å². The normalized spacial score (nSPS) is 10.0. The van der Waals surface area contributed by atoms with E-state index in [1.807, 2.05) is 6.92 Å². The molecule has 0 aromatic heterocycles. The third-order valence-corrected chi connectivity index (χ3v) is 2.23. The van der Waals surface area contributed by atoms with Gasteiger partial charge in [-0.2, -0.15) is 0 Å². The molecule has 3 nitrogen and oxygen atoms in total. The van der Waals surface area contributed by atoms with Gasteiger partial charge in [0.05, 0.1) is 10.6 Å². The van der Waals surface area contributed by atoms with Gasteiger partial charge in [-0.05, 0) is 24.1 Å². The van der Waals surface area contributed by atoms with E-state index in [1.165, 1.54) is 6.07 Å².